The third-order valence-electron chi connectivity index (χ3n) is 2.46. The van der Waals surface area contributed by atoms with E-state index in [1.807, 2.05) is 0 Å². The average Bonchev–Trinajstić information content (AvgIpc) is 2.71. The monoisotopic (exact) mass is 218 g/mol. The summed E-state index contributed by atoms with van der Waals surface area (Å²) in [6, 6.07) is 0. The molecule has 1 rings (SSSR count). The van der Waals surface area contributed by atoms with Gasteiger partial charge in [-0.2, -0.15) is 0 Å². The minimum atomic E-state index is -0.185. The Kier molecular flexibility index (Phi) is 5.60. The van der Waals surface area contributed by atoms with Crippen molar-refractivity contribution in [2.24, 2.45) is 0 Å². The van der Waals surface area contributed by atoms with Crippen LogP contribution in [-0.4, -0.2) is 43.0 Å². The number of quaternary nitrogens is 1. The van der Waals surface area contributed by atoms with Gasteiger partial charge in [-0.25, -0.2) is 0 Å². The highest BCUT2D eigenvalue weighted by Gasteiger charge is 2.25. The van der Waals surface area contributed by atoms with Gasteiger partial charge in [-0.1, -0.05) is 0 Å². The number of ether oxygens (including phenoxy) is 2. The Hall–Kier alpha value is -0.650. The molecule has 0 bridgehead atoms. The van der Waals surface area contributed by atoms with Crippen LogP contribution in [0.15, 0.2) is 0 Å². The number of carbonyl (C=O) groups is 1. The molecule has 0 spiro atoms. The number of aliphatic hydroxyl groups excluding tert-OH is 1. The van der Waals surface area contributed by atoms with Crippen molar-refractivity contribution in [1.29, 1.82) is 0 Å². The lowest BCUT2D eigenvalue weighted by Gasteiger charge is -2.12. The molecule has 5 nitrogen and oxygen atoms in total. The third-order valence-corrected chi connectivity index (χ3v) is 2.46. The molecule has 1 heterocycles. The van der Waals surface area contributed by atoms with E-state index in [-0.39, 0.29) is 24.8 Å². The molecule has 1 aliphatic rings. The van der Waals surface area contributed by atoms with Crippen LogP contribution in [0.1, 0.15) is 25.7 Å². The number of aliphatic hydroxyl groups is 1. The van der Waals surface area contributed by atoms with E-state index in [4.69, 9.17) is 14.6 Å². The predicted octanol–water partition coefficient (Wildman–Crippen LogP) is -0.908. The molecular formula is C10H20NO4+. The first-order chi connectivity index (χ1) is 7.26. The molecule has 0 aromatic carbocycles. The van der Waals surface area contributed by atoms with Gasteiger partial charge in [-0.15, -0.1) is 0 Å². The first kappa shape index (κ1) is 12.4. The lowest BCUT2D eigenvalue weighted by atomic mass is 10.2. The van der Waals surface area contributed by atoms with Gasteiger partial charge in [0.1, 0.15) is 6.61 Å². The first-order valence-electron chi connectivity index (χ1n) is 5.47. The summed E-state index contributed by atoms with van der Waals surface area (Å²) in [4.78, 5) is 11.2. The second-order valence-electron chi connectivity index (χ2n) is 3.78. The van der Waals surface area contributed by atoms with E-state index in [0.717, 1.165) is 25.8 Å². The Labute approximate surface area is 89.5 Å². The van der Waals surface area contributed by atoms with Crippen molar-refractivity contribution in [2.45, 2.75) is 37.9 Å². The average molecular weight is 218 g/mol. The van der Waals surface area contributed by atoms with Crippen molar-refractivity contribution < 1.29 is 25.1 Å². The van der Waals surface area contributed by atoms with Crippen LogP contribution in [0.3, 0.4) is 0 Å². The molecule has 1 fully saturated rings. The largest absolute Gasteiger partial charge is 0.463 e. The summed E-state index contributed by atoms with van der Waals surface area (Å²) in [5.41, 5.74) is 3.66. The van der Waals surface area contributed by atoms with Crippen LogP contribution in [0.2, 0.25) is 0 Å². The second kappa shape index (κ2) is 6.76. The van der Waals surface area contributed by atoms with Crippen LogP contribution in [0.25, 0.3) is 0 Å². The molecule has 2 atom stereocenters. The van der Waals surface area contributed by atoms with E-state index in [1.165, 1.54) is 0 Å². The summed E-state index contributed by atoms with van der Waals surface area (Å²) >= 11 is 0. The maximum absolute atomic E-state index is 11.2. The van der Waals surface area contributed by atoms with Gasteiger partial charge >= 0.3 is 5.97 Å². The van der Waals surface area contributed by atoms with Crippen LogP contribution >= 0.6 is 0 Å². The number of esters is 1. The van der Waals surface area contributed by atoms with E-state index in [1.54, 1.807) is 0 Å². The molecule has 0 aliphatic carbocycles. The lowest BCUT2D eigenvalue weighted by Crippen LogP contribution is -2.50. The molecule has 15 heavy (non-hydrogen) atoms. The Morgan fingerprint density at radius 2 is 2.20 bits per heavy atom. The second-order valence-corrected chi connectivity index (χ2v) is 3.78. The van der Waals surface area contributed by atoms with E-state index in [2.05, 4.69) is 5.73 Å². The Bertz CT molecular complexity index is 198. The summed E-state index contributed by atoms with van der Waals surface area (Å²) in [6.07, 6.45) is 2.79. The molecule has 0 radical (unpaired) electrons. The molecule has 4 N–H and O–H groups in total. The van der Waals surface area contributed by atoms with Crippen LogP contribution in [0, 0.1) is 0 Å². The highest BCUT2D eigenvalue weighted by Crippen LogP contribution is 2.19. The van der Waals surface area contributed by atoms with E-state index < -0.39 is 0 Å². The quantitative estimate of drug-likeness (QED) is 0.565. The van der Waals surface area contributed by atoms with Crippen molar-refractivity contribution in [1.82, 2.24) is 0 Å². The molecule has 0 unspecified atom stereocenters. The zero-order chi connectivity index (χ0) is 11.1. The fourth-order valence-corrected chi connectivity index (χ4v) is 1.56. The zero-order valence-electron chi connectivity index (χ0n) is 8.98. The Morgan fingerprint density at radius 3 is 2.80 bits per heavy atom. The predicted molar refractivity (Wildman–Crippen MR) is 52.9 cm³/mol. The van der Waals surface area contributed by atoms with Crippen molar-refractivity contribution >= 4 is 5.97 Å². The highest BCUT2D eigenvalue weighted by molar-refractivity contribution is 5.69. The summed E-state index contributed by atoms with van der Waals surface area (Å²) in [5.74, 6) is -0.185. The first-order valence-corrected chi connectivity index (χ1v) is 5.47. The standard InChI is InChI=1S/C10H19NO4/c11-5-1-2-10(13)14-7-9-4-3-8(6-12)15-9/h8-9,12H,1-7,11H2/p+1/t8-,9-/m1/s1. The SMILES string of the molecule is [NH3+]CCCC(=O)OC[C@H]1CC[C@H](CO)O1. The molecular weight excluding hydrogens is 198 g/mol. The van der Waals surface area contributed by atoms with Crippen LogP contribution in [0.4, 0.5) is 0 Å². The minimum Gasteiger partial charge on any atom is -0.463 e. The van der Waals surface area contributed by atoms with Crippen LogP contribution in [0.5, 0.6) is 0 Å². The molecule has 0 saturated carbocycles. The molecule has 88 valence electrons. The van der Waals surface area contributed by atoms with Crippen LogP contribution < -0.4 is 5.73 Å². The van der Waals surface area contributed by atoms with E-state index in [9.17, 15) is 4.79 Å². The minimum absolute atomic E-state index is 0.0362. The fraction of sp³-hybridized carbons (Fsp3) is 0.900. The molecule has 0 aromatic heterocycles. The van der Waals surface area contributed by atoms with Gasteiger partial charge in [0.25, 0.3) is 0 Å². The van der Waals surface area contributed by atoms with Gasteiger partial charge in [0.15, 0.2) is 0 Å². The summed E-state index contributed by atoms with van der Waals surface area (Å²) in [7, 11) is 0. The van der Waals surface area contributed by atoms with Crippen molar-refractivity contribution in [3.05, 3.63) is 0 Å². The molecule has 1 saturated heterocycles. The molecule has 1 aliphatic heterocycles. The molecule has 0 aromatic rings. The summed E-state index contributed by atoms with van der Waals surface area (Å²) in [6.45, 7) is 1.11. The van der Waals surface area contributed by atoms with E-state index in [0.29, 0.717) is 13.0 Å². The normalized spacial score (nSPS) is 25.5. The van der Waals surface area contributed by atoms with Gasteiger partial charge in [-0.05, 0) is 12.8 Å². The van der Waals surface area contributed by atoms with Gasteiger partial charge in [0.05, 0.1) is 31.8 Å². The van der Waals surface area contributed by atoms with Gasteiger partial charge in [0.2, 0.25) is 0 Å². The number of rotatable bonds is 6. The fourth-order valence-electron chi connectivity index (χ4n) is 1.56. The number of hydrogen-bond acceptors (Lipinski definition) is 4. The third kappa shape index (κ3) is 4.59. The Balaban J connectivity index is 2.07. The van der Waals surface area contributed by atoms with Gasteiger partial charge < -0.3 is 20.3 Å². The zero-order valence-corrected chi connectivity index (χ0v) is 8.98. The summed E-state index contributed by atoms with van der Waals surface area (Å²) < 4.78 is 10.5. The van der Waals surface area contributed by atoms with Gasteiger partial charge in [0, 0.05) is 6.42 Å². The smallest absolute Gasteiger partial charge is 0.306 e. The van der Waals surface area contributed by atoms with Crippen LogP contribution in [-0.2, 0) is 14.3 Å². The van der Waals surface area contributed by atoms with E-state index >= 15 is 0 Å². The van der Waals surface area contributed by atoms with Crippen molar-refractivity contribution in [3.63, 3.8) is 0 Å². The number of carbonyl (C=O) groups excluding carboxylic acids is 1. The maximum atomic E-state index is 11.2. The Morgan fingerprint density at radius 1 is 1.47 bits per heavy atom. The summed E-state index contributed by atoms with van der Waals surface area (Å²) in [5, 5.41) is 8.84. The maximum Gasteiger partial charge on any atom is 0.306 e. The number of hydrogen-bond donors (Lipinski definition) is 2. The molecule has 0 amide bonds. The lowest BCUT2D eigenvalue weighted by molar-refractivity contribution is -0.368. The van der Waals surface area contributed by atoms with Gasteiger partial charge in [-0.3, -0.25) is 4.79 Å². The van der Waals surface area contributed by atoms with Crippen molar-refractivity contribution in [3.8, 4) is 0 Å². The topological polar surface area (TPSA) is 83.4 Å². The highest BCUT2D eigenvalue weighted by atomic mass is 16.6. The van der Waals surface area contributed by atoms with Crippen molar-refractivity contribution in [2.75, 3.05) is 19.8 Å². The molecule has 5 heteroatoms.